The Morgan fingerprint density at radius 2 is 2.38 bits per heavy atom. The van der Waals surface area contributed by atoms with Crippen LogP contribution >= 0.6 is 11.3 Å². The van der Waals surface area contributed by atoms with Crippen molar-refractivity contribution in [1.29, 1.82) is 0 Å². The smallest absolute Gasteiger partial charge is 0.226 e. The quantitative estimate of drug-likeness (QED) is 0.843. The predicted octanol–water partition coefficient (Wildman–Crippen LogP) is 1.62. The number of hydrogen-bond donors (Lipinski definition) is 2. The van der Waals surface area contributed by atoms with Gasteiger partial charge in [-0.2, -0.15) is 0 Å². The van der Waals surface area contributed by atoms with Crippen molar-refractivity contribution in [1.82, 2.24) is 10.3 Å². The number of carbonyl (C=O) groups excluding carboxylic acids is 1. The van der Waals surface area contributed by atoms with E-state index in [1.54, 1.807) is 17.5 Å². The summed E-state index contributed by atoms with van der Waals surface area (Å²) in [4.78, 5) is 17.2. The highest BCUT2D eigenvalue weighted by molar-refractivity contribution is 7.10. The van der Waals surface area contributed by atoms with Crippen LogP contribution in [0.4, 0.5) is 0 Å². The van der Waals surface area contributed by atoms with Crippen molar-refractivity contribution >= 4 is 17.2 Å². The van der Waals surface area contributed by atoms with Gasteiger partial charge in [0.05, 0.1) is 25.2 Å². The first kappa shape index (κ1) is 15.2. The molecule has 2 aromatic heterocycles. The second-order valence-corrected chi connectivity index (χ2v) is 5.52. The number of nitrogens with two attached hydrogens (primary N) is 1. The molecule has 0 aliphatic rings. The zero-order valence-electron chi connectivity index (χ0n) is 11.8. The van der Waals surface area contributed by atoms with E-state index in [0.29, 0.717) is 19.5 Å². The molecule has 1 amide bonds. The minimum Gasteiger partial charge on any atom is -0.351 e. The molecule has 2 rings (SSSR count). The zero-order chi connectivity index (χ0) is 15.1. The molecular weight excluding hydrogens is 282 g/mol. The lowest BCUT2D eigenvalue weighted by molar-refractivity contribution is -0.120. The van der Waals surface area contributed by atoms with Gasteiger partial charge >= 0.3 is 0 Å². The van der Waals surface area contributed by atoms with Crippen molar-refractivity contribution in [2.75, 3.05) is 6.54 Å². The molecule has 2 aromatic rings. The van der Waals surface area contributed by atoms with E-state index in [4.69, 9.17) is 5.73 Å². The maximum Gasteiger partial charge on any atom is 0.226 e. The summed E-state index contributed by atoms with van der Waals surface area (Å²) in [6.07, 6.45) is 2.01. The van der Waals surface area contributed by atoms with Crippen LogP contribution in [0.5, 0.6) is 0 Å². The summed E-state index contributed by atoms with van der Waals surface area (Å²) in [5.74, 6) is 5.75. The first-order chi connectivity index (χ1) is 10.2. The van der Waals surface area contributed by atoms with Crippen molar-refractivity contribution in [3.63, 3.8) is 0 Å². The molecule has 0 saturated heterocycles. The lowest BCUT2D eigenvalue weighted by Gasteiger charge is -2.05. The number of hydrogen-bond acceptors (Lipinski definition) is 4. The molecule has 0 aliphatic carbocycles. The molecule has 108 valence electrons. The van der Waals surface area contributed by atoms with Gasteiger partial charge in [0.25, 0.3) is 0 Å². The van der Waals surface area contributed by atoms with E-state index in [1.165, 1.54) is 0 Å². The summed E-state index contributed by atoms with van der Waals surface area (Å²) in [7, 11) is 0. The van der Waals surface area contributed by atoms with Crippen molar-refractivity contribution < 1.29 is 4.79 Å². The van der Waals surface area contributed by atoms with E-state index in [1.807, 2.05) is 30.5 Å². The summed E-state index contributed by atoms with van der Waals surface area (Å²) in [6, 6.07) is 5.79. The molecule has 0 atom stereocenters. The van der Waals surface area contributed by atoms with E-state index in [-0.39, 0.29) is 5.91 Å². The number of amides is 1. The van der Waals surface area contributed by atoms with E-state index in [2.05, 4.69) is 22.1 Å². The number of thiophene rings is 1. The molecule has 0 spiro atoms. The average molecular weight is 299 g/mol. The van der Waals surface area contributed by atoms with E-state index < -0.39 is 0 Å². The Hall–Kier alpha value is -2.16. The van der Waals surface area contributed by atoms with Gasteiger partial charge in [-0.15, -0.1) is 11.3 Å². The third-order valence-corrected chi connectivity index (χ3v) is 3.83. The van der Waals surface area contributed by atoms with Crippen LogP contribution in [0.2, 0.25) is 0 Å². The highest BCUT2D eigenvalue weighted by Gasteiger charge is 2.07. The molecule has 2 heterocycles. The van der Waals surface area contributed by atoms with Gasteiger partial charge in [-0.25, -0.2) is 0 Å². The van der Waals surface area contributed by atoms with Gasteiger partial charge in [0.2, 0.25) is 5.91 Å². The first-order valence-electron chi connectivity index (χ1n) is 6.62. The van der Waals surface area contributed by atoms with E-state index in [9.17, 15) is 4.79 Å². The number of nitrogens with zero attached hydrogens (tertiary/aromatic N) is 1. The summed E-state index contributed by atoms with van der Waals surface area (Å²) < 4.78 is 0. The average Bonchev–Trinajstić information content (AvgIpc) is 2.93. The van der Waals surface area contributed by atoms with Crippen LogP contribution < -0.4 is 11.1 Å². The fourth-order valence-electron chi connectivity index (χ4n) is 1.80. The number of pyridine rings is 1. The minimum absolute atomic E-state index is 0.0280. The number of rotatable bonds is 4. The summed E-state index contributed by atoms with van der Waals surface area (Å²) >= 11 is 1.58. The maximum absolute atomic E-state index is 11.9. The van der Waals surface area contributed by atoms with Crippen LogP contribution in [0, 0.1) is 18.8 Å². The minimum atomic E-state index is -0.0280. The van der Waals surface area contributed by atoms with Crippen LogP contribution in [0.25, 0.3) is 0 Å². The van der Waals surface area contributed by atoms with E-state index in [0.717, 1.165) is 21.7 Å². The molecule has 3 N–H and O–H groups in total. The molecule has 4 nitrogen and oxygen atoms in total. The summed E-state index contributed by atoms with van der Waals surface area (Å²) in [5, 5.41) is 4.87. The van der Waals surface area contributed by atoms with Crippen LogP contribution in [0.1, 0.15) is 21.7 Å². The van der Waals surface area contributed by atoms with Crippen LogP contribution in [0.15, 0.2) is 29.8 Å². The molecule has 0 aliphatic heterocycles. The first-order valence-corrected chi connectivity index (χ1v) is 7.50. The van der Waals surface area contributed by atoms with Crippen molar-refractivity contribution in [2.24, 2.45) is 5.73 Å². The fourth-order valence-corrected chi connectivity index (χ4v) is 2.55. The lowest BCUT2D eigenvalue weighted by atomic mass is 10.1. The Labute approximate surface area is 128 Å². The number of nitrogens with one attached hydrogen (secondary N) is 1. The zero-order valence-corrected chi connectivity index (χ0v) is 12.7. The standard InChI is InChI=1S/C16H17N3OS/c1-12-4-3-7-18-15(12)9-16(20)19-10-14-8-13(11-21-14)5-2-6-17/h3-4,7-8,11H,6,9-10,17H2,1H3,(H,19,20). The van der Waals surface area contributed by atoms with Gasteiger partial charge in [0.15, 0.2) is 0 Å². The number of aryl methyl sites for hydroxylation is 1. The largest absolute Gasteiger partial charge is 0.351 e. The normalized spacial score (nSPS) is 9.81. The topological polar surface area (TPSA) is 68.0 Å². The number of aromatic nitrogens is 1. The van der Waals surface area contributed by atoms with Crippen LogP contribution in [0.3, 0.4) is 0 Å². The lowest BCUT2D eigenvalue weighted by Crippen LogP contribution is -2.24. The molecule has 21 heavy (non-hydrogen) atoms. The third kappa shape index (κ3) is 4.71. The van der Waals surface area contributed by atoms with Gasteiger partial charge in [0.1, 0.15) is 0 Å². The fraction of sp³-hybridized carbons (Fsp3) is 0.250. The van der Waals surface area contributed by atoms with Crippen LogP contribution in [-0.4, -0.2) is 17.4 Å². The van der Waals surface area contributed by atoms with Crippen molar-refractivity contribution in [3.8, 4) is 11.8 Å². The SMILES string of the molecule is Cc1cccnc1CC(=O)NCc1cc(C#CCN)cs1. The second kappa shape index (κ2) is 7.58. The van der Waals surface area contributed by atoms with Gasteiger partial charge in [0, 0.05) is 22.0 Å². The molecule has 5 heteroatoms. The monoisotopic (exact) mass is 299 g/mol. The van der Waals surface area contributed by atoms with E-state index >= 15 is 0 Å². The Kier molecular flexibility index (Phi) is 5.50. The van der Waals surface area contributed by atoms with Gasteiger partial charge in [-0.3, -0.25) is 9.78 Å². The second-order valence-electron chi connectivity index (χ2n) is 4.53. The van der Waals surface area contributed by atoms with Gasteiger partial charge in [-0.1, -0.05) is 17.9 Å². The Morgan fingerprint density at radius 3 is 3.14 bits per heavy atom. The molecule has 0 saturated carbocycles. The molecule has 0 radical (unpaired) electrons. The maximum atomic E-state index is 11.9. The molecule has 0 aromatic carbocycles. The van der Waals surface area contributed by atoms with Crippen LogP contribution in [-0.2, 0) is 17.8 Å². The Bertz CT molecular complexity index is 682. The van der Waals surface area contributed by atoms with Crippen molar-refractivity contribution in [3.05, 3.63) is 51.5 Å². The third-order valence-electron chi connectivity index (χ3n) is 2.89. The van der Waals surface area contributed by atoms with Crippen molar-refractivity contribution in [2.45, 2.75) is 19.9 Å². The molecule has 0 fully saturated rings. The Morgan fingerprint density at radius 1 is 1.52 bits per heavy atom. The molecule has 0 bridgehead atoms. The van der Waals surface area contributed by atoms with Gasteiger partial charge < -0.3 is 11.1 Å². The highest BCUT2D eigenvalue weighted by atomic mass is 32.1. The molecule has 0 unspecified atom stereocenters. The molecular formula is C16H17N3OS. The summed E-state index contributed by atoms with van der Waals surface area (Å²) in [6.45, 7) is 2.82. The number of carbonyl (C=O) groups is 1. The highest BCUT2D eigenvalue weighted by Crippen LogP contribution is 2.13. The predicted molar refractivity (Wildman–Crippen MR) is 84.8 cm³/mol. The summed E-state index contributed by atoms with van der Waals surface area (Å²) in [5.41, 5.74) is 8.12. The van der Waals surface area contributed by atoms with Gasteiger partial charge in [-0.05, 0) is 24.6 Å². The Balaban J connectivity index is 1.87.